The van der Waals surface area contributed by atoms with Crippen LogP contribution in [0, 0.1) is 5.92 Å². The molecule has 3 rings (SSSR count). The van der Waals surface area contributed by atoms with Gasteiger partial charge in [-0.2, -0.15) is 0 Å². The first-order valence-electron chi connectivity index (χ1n) is 8.58. The predicted octanol–water partition coefficient (Wildman–Crippen LogP) is 2.67. The third-order valence-corrected chi connectivity index (χ3v) is 4.86. The molecule has 1 amide bonds. The largest absolute Gasteiger partial charge is 0.454 e. The summed E-state index contributed by atoms with van der Waals surface area (Å²) in [4.78, 5) is 14.8. The molecule has 0 spiro atoms. The normalized spacial score (nSPS) is 18.7. The molecule has 1 heterocycles. The Hall–Kier alpha value is -1.75. The maximum absolute atomic E-state index is 12.8. The fourth-order valence-corrected chi connectivity index (χ4v) is 3.40. The van der Waals surface area contributed by atoms with Crippen LogP contribution in [-0.4, -0.2) is 30.2 Å². The fourth-order valence-electron chi connectivity index (χ4n) is 3.40. The predicted molar refractivity (Wildman–Crippen MR) is 88.2 cm³/mol. The lowest BCUT2D eigenvalue weighted by atomic mass is 9.92. The number of carbonyl (C=O) groups excluding carboxylic acids is 1. The molecule has 2 aliphatic rings. The van der Waals surface area contributed by atoms with Crippen molar-refractivity contribution in [3.63, 3.8) is 0 Å². The van der Waals surface area contributed by atoms with Crippen LogP contribution in [0.1, 0.15) is 44.6 Å². The van der Waals surface area contributed by atoms with Gasteiger partial charge in [-0.05, 0) is 30.5 Å². The molecule has 0 bridgehead atoms. The molecule has 126 valence electrons. The average Bonchev–Trinajstić information content (AvgIpc) is 3.07. The highest BCUT2D eigenvalue weighted by atomic mass is 16.7. The summed E-state index contributed by atoms with van der Waals surface area (Å²) >= 11 is 0. The highest BCUT2D eigenvalue weighted by molar-refractivity contribution is 5.79. The summed E-state index contributed by atoms with van der Waals surface area (Å²) in [6.07, 6.45) is 5.86. The van der Waals surface area contributed by atoms with Crippen molar-refractivity contribution in [3.8, 4) is 11.5 Å². The first kappa shape index (κ1) is 16.1. The van der Waals surface area contributed by atoms with Gasteiger partial charge in [-0.3, -0.25) is 4.79 Å². The molecule has 0 radical (unpaired) electrons. The third kappa shape index (κ3) is 3.61. The molecule has 1 aliphatic heterocycles. The van der Waals surface area contributed by atoms with Crippen LogP contribution in [0.15, 0.2) is 18.2 Å². The third-order valence-electron chi connectivity index (χ3n) is 4.86. The van der Waals surface area contributed by atoms with E-state index in [2.05, 4.69) is 0 Å². The Morgan fingerprint density at radius 2 is 2.00 bits per heavy atom. The standard InChI is InChI=1S/C18H26N2O3/c1-13(10-19)18(21)20(15-5-3-2-4-6-15)11-14-7-8-16-17(9-14)23-12-22-16/h7-9,13,15H,2-6,10-12,19H2,1H3. The number of carbonyl (C=O) groups is 1. The van der Waals surface area contributed by atoms with Crippen molar-refractivity contribution in [1.29, 1.82) is 0 Å². The van der Waals surface area contributed by atoms with Gasteiger partial charge >= 0.3 is 0 Å². The van der Waals surface area contributed by atoms with E-state index in [0.29, 0.717) is 19.1 Å². The molecule has 1 aliphatic carbocycles. The van der Waals surface area contributed by atoms with Crippen molar-refractivity contribution >= 4 is 5.91 Å². The summed E-state index contributed by atoms with van der Waals surface area (Å²) < 4.78 is 10.8. The van der Waals surface area contributed by atoms with E-state index in [4.69, 9.17) is 15.2 Å². The lowest BCUT2D eigenvalue weighted by Gasteiger charge is -2.36. The Balaban J connectivity index is 1.78. The Morgan fingerprint density at radius 1 is 1.26 bits per heavy atom. The molecule has 1 fully saturated rings. The minimum absolute atomic E-state index is 0.133. The number of nitrogens with two attached hydrogens (primary N) is 1. The highest BCUT2D eigenvalue weighted by Crippen LogP contribution is 2.33. The van der Waals surface area contributed by atoms with Crippen LogP contribution in [-0.2, 0) is 11.3 Å². The lowest BCUT2D eigenvalue weighted by molar-refractivity contribution is -0.138. The van der Waals surface area contributed by atoms with Gasteiger partial charge in [-0.1, -0.05) is 32.3 Å². The monoisotopic (exact) mass is 318 g/mol. The van der Waals surface area contributed by atoms with Gasteiger partial charge in [0.25, 0.3) is 0 Å². The summed E-state index contributed by atoms with van der Waals surface area (Å²) in [5, 5.41) is 0. The van der Waals surface area contributed by atoms with E-state index in [1.807, 2.05) is 30.0 Å². The smallest absolute Gasteiger partial charge is 0.231 e. The number of hydrogen-bond acceptors (Lipinski definition) is 4. The Bertz CT molecular complexity index is 555. The van der Waals surface area contributed by atoms with E-state index in [0.717, 1.165) is 29.9 Å². The first-order chi connectivity index (χ1) is 11.2. The van der Waals surface area contributed by atoms with Crippen molar-refractivity contribution < 1.29 is 14.3 Å². The molecule has 5 nitrogen and oxygen atoms in total. The lowest BCUT2D eigenvalue weighted by Crippen LogP contribution is -2.44. The quantitative estimate of drug-likeness (QED) is 0.906. The van der Waals surface area contributed by atoms with E-state index in [1.165, 1.54) is 19.3 Å². The van der Waals surface area contributed by atoms with Gasteiger partial charge in [-0.15, -0.1) is 0 Å². The fraction of sp³-hybridized carbons (Fsp3) is 0.611. The second kappa shape index (κ2) is 7.21. The summed E-state index contributed by atoms with van der Waals surface area (Å²) in [7, 11) is 0. The van der Waals surface area contributed by atoms with Crippen LogP contribution >= 0.6 is 0 Å². The minimum Gasteiger partial charge on any atom is -0.454 e. The molecule has 1 aromatic carbocycles. The molecular formula is C18H26N2O3. The van der Waals surface area contributed by atoms with E-state index < -0.39 is 0 Å². The number of ether oxygens (including phenoxy) is 2. The topological polar surface area (TPSA) is 64.8 Å². The molecule has 1 unspecified atom stereocenters. The van der Waals surface area contributed by atoms with Crippen molar-refractivity contribution in [1.82, 2.24) is 4.90 Å². The summed E-state index contributed by atoms with van der Waals surface area (Å²) in [6, 6.07) is 6.26. The van der Waals surface area contributed by atoms with Gasteiger partial charge in [0.15, 0.2) is 11.5 Å². The molecule has 1 aromatic rings. The maximum Gasteiger partial charge on any atom is 0.231 e. The Kier molecular flexibility index (Phi) is 5.06. The molecule has 1 saturated carbocycles. The zero-order chi connectivity index (χ0) is 16.2. The van der Waals surface area contributed by atoms with Crippen LogP contribution in [0.5, 0.6) is 11.5 Å². The number of hydrogen-bond donors (Lipinski definition) is 1. The SMILES string of the molecule is CC(CN)C(=O)N(Cc1ccc2c(c1)OCO2)C1CCCCC1. The van der Waals surface area contributed by atoms with E-state index in [-0.39, 0.29) is 18.6 Å². The summed E-state index contributed by atoms with van der Waals surface area (Å²) in [6.45, 7) is 3.19. The number of rotatable bonds is 5. The van der Waals surface area contributed by atoms with Crippen molar-refractivity contribution in [3.05, 3.63) is 23.8 Å². The van der Waals surface area contributed by atoms with Gasteiger partial charge in [-0.25, -0.2) is 0 Å². The van der Waals surface area contributed by atoms with Crippen LogP contribution < -0.4 is 15.2 Å². The van der Waals surface area contributed by atoms with E-state index >= 15 is 0 Å². The molecule has 1 atom stereocenters. The van der Waals surface area contributed by atoms with Crippen molar-refractivity contribution in [2.24, 2.45) is 11.7 Å². The van der Waals surface area contributed by atoms with Gasteiger partial charge in [0.1, 0.15) is 0 Å². The average molecular weight is 318 g/mol. The molecule has 23 heavy (non-hydrogen) atoms. The second-order valence-corrected chi connectivity index (χ2v) is 6.58. The second-order valence-electron chi connectivity index (χ2n) is 6.58. The molecule has 0 saturated heterocycles. The van der Waals surface area contributed by atoms with Gasteiger partial charge < -0.3 is 20.1 Å². The van der Waals surface area contributed by atoms with Crippen LogP contribution in [0.2, 0.25) is 0 Å². The molecular weight excluding hydrogens is 292 g/mol. The van der Waals surface area contributed by atoms with Gasteiger partial charge in [0.2, 0.25) is 12.7 Å². The minimum atomic E-state index is -0.133. The summed E-state index contributed by atoms with van der Waals surface area (Å²) in [5.74, 6) is 1.58. The van der Waals surface area contributed by atoms with Crippen molar-refractivity contribution in [2.45, 2.75) is 51.6 Å². The van der Waals surface area contributed by atoms with Crippen LogP contribution in [0.4, 0.5) is 0 Å². The van der Waals surface area contributed by atoms with Gasteiger partial charge in [0.05, 0.1) is 0 Å². The molecule has 2 N–H and O–H groups in total. The Labute approximate surface area is 137 Å². The number of amides is 1. The molecule has 0 aromatic heterocycles. The number of fused-ring (bicyclic) bond motifs is 1. The van der Waals surface area contributed by atoms with Crippen molar-refractivity contribution in [2.75, 3.05) is 13.3 Å². The zero-order valence-corrected chi connectivity index (χ0v) is 13.8. The highest BCUT2D eigenvalue weighted by Gasteiger charge is 2.28. The van der Waals surface area contributed by atoms with E-state index in [1.54, 1.807) is 0 Å². The zero-order valence-electron chi connectivity index (χ0n) is 13.8. The van der Waals surface area contributed by atoms with Crippen LogP contribution in [0.25, 0.3) is 0 Å². The number of benzene rings is 1. The van der Waals surface area contributed by atoms with E-state index in [9.17, 15) is 4.79 Å². The van der Waals surface area contributed by atoms with Crippen LogP contribution in [0.3, 0.4) is 0 Å². The van der Waals surface area contributed by atoms with Gasteiger partial charge in [0, 0.05) is 25.0 Å². The Morgan fingerprint density at radius 3 is 2.74 bits per heavy atom. The molecule has 5 heteroatoms. The summed E-state index contributed by atoms with van der Waals surface area (Å²) in [5.41, 5.74) is 6.80. The maximum atomic E-state index is 12.8. The number of nitrogens with zero attached hydrogens (tertiary/aromatic N) is 1. The first-order valence-corrected chi connectivity index (χ1v) is 8.58.